The molecule has 5 nitrogen and oxygen atoms in total. The molecule has 0 aliphatic heterocycles. The molecule has 0 radical (unpaired) electrons. The number of nitrogens with one attached hydrogen (secondary N) is 1. The van der Waals surface area contributed by atoms with Crippen molar-refractivity contribution in [2.45, 2.75) is 38.6 Å². The van der Waals surface area contributed by atoms with Gasteiger partial charge in [-0.05, 0) is 38.0 Å². The van der Waals surface area contributed by atoms with Gasteiger partial charge in [-0.15, -0.1) is 0 Å². The van der Waals surface area contributed by atoms with Gasteiger partial charge in [0.05, 0.1) is 12.6 Å². The SMILES string of the molecule is CCOC(=O)CCCCC(N)C(=O)Nc1cccc(Br)c1. The fraction of sp³-hybridized carbons (Fsp3) is 0.467. The van der Waals surface area contributed by atoms with E-state index in [0.717, 1.165) is 4.47 Å². The van der Waals surface area contributed by atoms with Crippen LogP contribution >= 0.6 is 15.9 Å². The summed E-state index contributed by atoms with van der Waals surface area (Å²) < 4.78 is 5.72. The van der Waals surface area contributed by atoms with Gasteiger partial charge in [0.1, 0.15) is 0 Å². The number of unbranched alkanes of at least 4 members (excludes halogenated alkanes) is 1. The van der Waals surface area contributed by atoms with Gasteiger partial charge in [-0.3, -0.25) is 9.59 Å². The third kappa shape index (κ3) is 7.24. The largest absolute Gasteiger partial charge is 0.466 e. The zero-order valence-electron chi connectivity index (χ0n) is 12.1. The van der Waals surface area contributed by atoms with Crippen LogP contribution in [0.3, 0.4) is 0 Å². The Morgan fingerprint density at radius 3 is 2.81 bits per heavy atom. The number of carbonyl (C=O) groups is 2. The summed E-state index contributed by atoms with van der Waals surface area (Å²) in [5.74, 6) is -0.422. The predicted octanol–water partition coefficient (Wildman–Crippen LogP) is 2.84. The molecule has 3 N–H and O–H groups in total. The number of halogens is 1. The maximum atomic E-state index is 11.9. The number of rotatable bonds is 8. The highest BCUT2D eigenvalue weighted by Gasteiger charge is 2.13. The third-order valence-electron chi connectivity index (χ3n) is 2.88. The van der Waals surface area contributed by atoms with Gasteiger partial charge in [0, 0.05) is 16.6 Å². The summed E-state index contributed by atoms with van der Waals surface area (Å²) in [5, 5.41) is 2.77. The molecule has 21 heavy (non-hydrogen) atoms. The van der Waals surface area contributed by atoms with E-state index < -0.39 is 6.04 Å². The second kappa shape index (κ2) is 9.52. The molecule has 0 bridgehead atoms. The smallest absolute Gasteiger partial charge is 0.305 e. The van der Waals surface area contributed by atoms with E-state index >= 15 is 0 Å². The first-order valence-electron chi connectivity index (χ1n) is 7.00. The molecule has 1 aromatic rings. The van der Waals surface area contributed by atoms with Crippen LogP contribution in [0.25, 0.3) is 0 Å². The summed E-state index contributed by atoms with van der Waals surface area (Å²) in [6.45, 7) is 2.17. The van der Waals surface area contributed by atoms with Crippen LogP contribution in [0.5, 0.6) is 0 Å². The summed E-state index contributed by atoms with van der Waals surface area (Å²) in [6.07, 6.45) is 2.30. The van der Waals surface area contributed by atoms with E-state index in [2.05, 4.69) is 21.2 Å². The van der Waals surface area contributed by atoms with E-state index in [-0.39, 0.29) is 11.9 Å². The number of benzene rings is 1. The third-order valence-corrected chi connectivity index (χ3v) is 3.37. The van der Waals surface area contributed by atoms with Gasteiger partial charge in [0.15, 0.2) is 0 Å². The summed E-state index contributed by atoms with van der Waals surface area (Å²) in [6, 6.07) is 6.75. The minimum atomic E-state index is -0.578. The fourth-order valence-corrected chi connectivity index (χ4v) is 2.20. The van der Waals surface area contributed by atoms with Gasteiger partial charge in [-0.2, -0.15) is 0 Å². The van der Waals surface area contributed by atoms with Crippen LogP contribution in [0.2, 0.25) is 0 Å². The Kier molecular flexibility index (Phi) is 8.00. The molecule has 0 fully saturated rings. The Balaban J connectivity index is 2.27. The van der Waals surface area contributed by atoms with Gasteiger partial charge in [-0.25, -0.2) is 0 Å². The molecule has 0 aliphatic rings. The van der Waals surface area contributed by atoms with Crippen LogP contribution in [0.15, 0.2) is 28.7 Å². The van der Waals surface area contributed by atoms with Gasteiger partial charge in [-0.1, -0.05) is 28.4 Å². The lowest BCUT2D eigenvalue weighted by atomic mass is 10.1. The van der Waals surface area contributed by atoms with E-state index in [1.165, 1.54) is 0 Å². The molecule has 1 rings (SSSR count). The lowest BCUT2D eigenvalue weighted by Gasteiger charge is -2.12. The van der Waals surface area contributed by atoms with Crippen molar-refractivity contribution in [2.24, 2.45) is 5.73 Å². The quantitative estimate of drug-likeness (QED) is 0.554. The van der Waals surface area contributed by atoms with E-state index in [9.17, 15) is 9.59 Å². The molecule has 1 atom stereocenters. The lowest BCUT2D eigenvalue weighted by molar-refractivity contribution is -0.143. The van der Waals surface area contributed by atoms with Crippen molar-refractivity contribution in [1.29, 1.82) is 0 Å². The molecule has 116 valence electrons. The molecule has 0 heterocycles. The zero-order valence-corrected chi connectivity index (χ0v) is 13.7. The Hall–Kier alpha value is -1.40. The maximum Gasteiger partial charge on any atom is 0.305 e. The van der Waals surface area contributed by atoms with Crippen LogP contribution in [0.4, 0.5) is 5.69 Å². The van der Waals surface area contributed by atoms with Gasteiger partial charge in [0.25, 0.3) is 0 Å². The lowest BCUT2D eigenvalue weighted by Crippen LogP contribution is -2.35. The molecule has 0 spiro atoms. The highest BCUT2D eigenvalue weighted by molar-refractivity contribution is 9.10. The minimum absolute atomic E-state index is 0.204. The predicted molar refractivity (Wildman–Crippen MR) is 85.8 cm³/mol. The topological polar surface area (TPSA) is 81.4 Å². The molecule has 1 unspecified atom stereocenters. The Morgan fingerprint density at radius 2 is 2.14 bits per heavy atom. The molecular weight excluding hydrogens is 336 g/mol. The van der Waals surface area contributed by atoms with E-state index in [1.54, 1.807) is 13.0 Å². The summed E-state index contributed by atoms with van der Waals surface area (Å²) in [4.78, 5) is 23.1. The number of nitrogens with two attached hydrogens (primary N) is 1. The van der Waals surface area contributed by atoms with Crippen LogP contribution < -0.4 is 11.1 Å². The van der Waals surface area contributed by atoms with Crippen molar-refractivity contribution in [2.75, 3.05) is 11.9 Å². The molecule has 6 heteroatoms. The number of carbonyl (C=O) groups excluding carboxylic acids is 2. The summed E-state index contributed by atoms with van der Waals surface area (Å²) in [5.41, 5.74) is 6.54. The number of ether oxygens (including phenoxy) is 1. The number of amides is 1. The molecule has 0 saturated carbocycles. The number of esters is 1. The standard InChI is InChI=1S/C15H21BrN2O3/c1-2-21-14(19)9-4-3-8-13(17)15(20)18-12-7-5-6-11(16)10-12/h5-7,10,13H,2-4,8-9,17H2,1H3,(H,18,20). The highest BCUT2D eigenvalue weighted by atomic mass is 79.9. The molecule has 1 amide bonds. The van der Waals surface area contributed by atoms with Crippen molar-refractivity contribution in [1.82, 2.24) is 0 Å². The molecule has 0 saturated heterocycles. The second-order valence-corrected chi connectivity index (χ2v) is 5.57. The Morgan fingerprint density at radius 1 is 1.38 bits per heavy atom. The van der Waals surface area contributed by atoms with Crippen molar-refractivity contribution in [3.05, 3.63) is 28.7 Å². The van der Waals surface area contributed by atoms with E-state index in [4.69, 9.17) is 10.5 Å². The van der Waals surface area contributed by atoms with Gasteiger partial charge in [0.2, 0.25) is 5.91 Å². The minimum Gasteiger partial charge on any atom is -0.466 e. The van der Waals surface area contributed by atoms with E-state index in [1.807, 2.05) is 18.2 Å². The Labute approximate surface area is 133 Å². The molecular formula is C15H21BrN2O3. The van der Waals surface area contributed by atoms with Crippen molar-refractivity contribution < 1.29 is 14.3 Å². The number of anilines is 1. The summed E-state index contributed by atoms with van der Waals surface area (Å²) in [7, 11) is 0. The fourth-order valence-electron chi connectivity index (χ4n) is 1.80. The maximum absolute atomic E-state index is 11.9. The molecule has 1 aromatic carbocycles. The average Bonchev–Trinajstić information content (AvgIpc) is 2.43. The van der Waals surface area contributed by atoms with Crippen molar-refractivity contribution in [3.63, 3.8) is 0 Å². The van der Waals surface area contributed by atoms with Crippen LogP contribution in [-0.4, -0.2) is 24.5 Å². The van der Waals surface area contributed by atoms with Crippen LogP contribution in [0, 0.1) is 0 Å². The van der Waals surface area contributed by atoms with Crippen molar-refractivity contribution in [3.8, 4) is 0 Å². The molecule has 0 aromatic heterocycles. The van der Waals surface area contributed by atoms with Gasteiger partial charge >= 0.3 is 5.97 Å². The van der Waals surface area contributed by atoms with E-state index in [0.29, 0.717) is 38.0 Å². The first kappa shape index (κ1) is 17.7. The second-order valence-electron chi connectivity index (χ2n) is 4.66. The van der Waals surface area contributed by atoms with Crippen LogP contribution in [0.1, 0.15) is 32.6 Å². The average molecular weight is 357 g/mol. The van der Waals surface area contributed by atoms with Crippen molar-refractivity contribution >= 4 is 33.5 Å². The normalized spacial score (nSPS) is 11.8. The first-order chi connectivity index (χ1) is 10.0. The van der Waals surface area contributed by atoms with Crippen LogP contribution in [-0.2, 0) is 14.3 Å². The first-order valence-corrected chi connectivity index (χ1v) is 7.80. The highest BCUT2D eigenvalue weighted by Crippen LogP contribution is 2.16. The molecule has 0 aliphatic carbocycles. The number of hydrogen-bond donors (Lipinski definition) is 2. The monoisotopic (exact) mass is 356 g/mol. The zero-order chi connectivity index (χ0) is 15.7. The van der Waals surface area contributed by atoms with Gasteiger partial charge < -0.3 is 15.8 Å². The number of hydrogen-bond acceptors (Lipinski definition) is 4. The summed E-state index contributed by atoms with van der Waals surface area (Å²) >= 11 is 3.34. The Bertz CT molecular complexity index is 480.